The van der Waals surface area contributed by atoms with Gasteiger partial charge in [0.05, 0.1) is 12.0 Å². The maximum Gasteiger partial charge on any atom is 0.203 e. The Kier molecular flexibility index (Phi) is 3.03. The van der Waals surface area contributed by atoms with Crippen molar-refractivity contribution in [3.05, 3.63) is 45.6 Å². The Morgan fingerprint density at radius 3 is 3.00 bits per heavy atom. The third-order valence-electron chi connectivity index (χ3n) is 3.19. The Hall–Kier alpha value is -1.81. The number of methoxy groups -OCH3 is 1. The number of carbonyl (C=O) groups excluding carboxylic acids is 1. The molecule has 0 fully saturated rings. The van der Waals surface area contributed by atoms with Crippen molar-refractivity contribution in [1.82, 2.24) is 0 Å². The summed E-state index contributed by atoms with van der Waals surface area (Å²) in [4.78, 5) is 13.1. The molecule has 0 saturated heterocycles. The van der Waals surface area contributed by atoms with Gasteiger partial charge in [-0.1, -0.05) is 0 Å². The molecule has 2 aromatic rings. The van der Waals surface area contributed by atoms with E-state index in [2.05, 4.69) is 0 Å². The third-order valence-corrected chi connectivity index (χ3v) is 4.10. The molecule has 0 amide bonds. The number of carbonyl (C=O) groups is 1. The van der Waals surface area contributed by atoms with Gasteiger partial charge in [0.25, 0.3) is 0 Å². The molecule has 0 spiro atoms. The van der Waals surface area contributed by atoms with Crippen molar-refractivity contribution in [2.75, 3.05) is 7.11 Å². The zero-order valence-corrected chi connectivity index (χ0v) is 11.6. The first-order valence-electron chi connectivity index (χ1n) is 6.14. The van der Waals surface area contributed by atoms with Crippen molar-refractivity contribution in [1.29, 1.82) is 0 Å². The molecule has 0 aliphatic carbocycles. The van der Waals surface area contributed by atoms with Crippen molar-refractivity contribution in [2.45, 2.75) is 19.4 Å². The SMILES string of the molecule is COc1csc(C(=O)c2ccc3c(c2)CC(C)O3)c1. The van der Waals surface area contributed by atoms with Crippen molar-refractivity contribution in [2.24, 2.45) is 0 Å². The first-order valence-corrected chi connectivity index (χ1v) is 7.02. The lowest BCUT2D eigenvalue weighted by atomic mass is 10.0. The average molecular weight is 274 g/mol. The summed E-state index contributed by atoms with van der Waals surface area (Å²) in [6, 6.07) is 7.43. The number of thiophene rings is 1. The molecule has 19 heavy (non-hydrogen) atoms. The van der Waals surface area contributed by atoms with Gasteiger partial charge in [-0.2, -0.15) is 0 Å². The van der Waals surface area contributed by atoms with Gasteiger partial charge >= 0.3 is 0 Å². The van der Waals surface area contributed by atoms with E-state index < -0.39 is 0 Å². The molecule has 0 radical (unpaired) electrons. The second kappa shape index (κ2) is 4.70. The van der Waals surface area contributed by atoms with Crippen LogP contribution < -0.4 is 9.47 Å². The zero-order valence-electron chi connectivity index (χ0n) is 10.8. The Labute approximate surface area is 115 Å². The van der Waals surface area contributed by atoms with Gasteiger partial charge < -0.3 is 9.47 Å². The molecule has 1 aliphatic heterocycles. The number of rotatable bonds is 3. The summed E-state index contributed by atoms with van der Waals surface area (Å²) < 4.78 is 10.7. The lowest BCUT2D eigenvalue weighted by Gasteiger charge is -2.03. The number of ether oxygens (including phenoxy) is 2. The van der Waals surface area contributed by atoms with E-state index in [0.29, 0.717) is 10.4 Å². The Balaban J connectivity index is 1.90. The van der Waals surface area contributed by atoms with Crippen LogP contribution in [0.2, 0.25) is 0 Å². The van der Waals surface area contributed by atoms with Gasteiger partial charge in [-0.25, -0.2) is 0 Å². The van der Waals surface area contributed by atoms with E-state index >= 15 is 0 Å². The fraction of sp³-hybridized carbons (Fsp3) is 0.267. The maximum absolute atomic E-state index is 12.4. The highest BCUT2D eigenvalue weighted by Gasteiger charge is 2.21. The second-order valence-electron chi connectivity index (χ2n) is 4.64. The second-order valence-corrected chi connectivity index (χ2v) is 5.55. The Morgan fingerprint density at radius 1 is 1.42 bits per heavy atom. The molecule has 0 N–H and O–H groups in total. The van der Waals surface area contributed by atoms with Gasteiger partial charge in [0, 0.05) is 23.4 Å². The van der Waals surface area contributed by atoms with Crippen molar-refractivity contribution in [3.63, 3.8) is 0 Å². The molecule has 1 aromatic carbocycles. The predicted octanol–water partition coefficient (Wildman–Crippen LogP) is 3.31. The van der Waals surface area contributed by atoms with Gasteiger partial charge in [-0.3, -0.25) is 4.79 Å². The molecule has 3 nitrogen and oxygen atoms in total. The largest absolute Gasteiger partial charge is 0.496 e. The van der Waals surface area contributed by atoms with E-state index in [1.165, 1.54) is 11.3 Å². The minimum Gasteiger partial charge on any atom is -0.496 e. The highest BCUT2D eigenvalue weighted by molar-refractivity contribution is 7.12. The van der Waals surface area contributed by atoms with Crippen LogP contribution in [0.1, 0.15) is 27.7 Å². The summed E-state index contributed by atoms with van der Waals surface area (Å²) in [5.74, 6) is 1.66. The van der Waals surface area contributed by atoms with Crippen LogP contribution in [0.5, 0.6) is 11.5 Å². The van der Waals surface area contributed by atoms with Crippen LogP contribution in [0, 0.1) is 0 Å². The summed E-state index contributed by atoms with van der Waals surface area (Å²) in [7, 11) is 1.60. The molecule has 1 aliphatic rings. The number of hydrogen-bond donors (Lipinski definition) is 0. The van der Waals surface area contributed by atoms with Crippen LogP contribution >= 0.6 is 11.3 Å². The summed E-state index contributed by atoms with van der Waals surface area (Å²) in [6.45, 7) is 2.03. The molecular weight excluding hydrogens is 260 g/mol. The first-order chi connectivity index (χ1) is 9.17. The normalized spacial score (nSPS) is 16.8. The molecule has 1 aromatic heterocycles. The van der Waals surface area contributed by atoms with E-state index in [4.69, 9.17) is 9.47 Å². The van der Waals surface area contributed by atoms with Crippen LogP contribution in [0.3, 0.4) is 0 Å². The molecule has 1 unspecified atom stereocenters. The molecule has 2 heterocycles. The smallest absolute Gasteiger partial charge is 0.203 e. The lowest BCUT2D eigenvalue weighted by molar-refractivity contribution is 0.104. The maximum atomic E-state index is 12.4. The summed E-state index contributed by atoms with van der Waals surface area (Å²) in [5, 5.41) is 1.84. The van der Waals surface area contributed by atoms with Crippen LogP contribution in [-0.4, -0.2) is 19.0 Å². The molecule has 0 saturated carbocycles. The minimum atomic E-state index is 0.0376. The number of hydrogen-bond acceptors (Lipinski definition) is 4. The van der Waals surface area contributed by atoms with Gasteiger partial charge in [-0.05, 0) is 30.7 Å². The number of fused-ring (bicyclic) bond motifs is 1. The van der Waals surface area contributed by atoms with Crippen LogP contribution in [-0.2, 0) is 6.42 Å². The first kappa shape index (κ1) is 12.2. The van der Waals surface area contributed by atoms with Crippen molar-refractivity contribution >= 4 is 17.1 Å². The van der Waals surface area contributed by atoms with Gasteiger partial charge in [0.1, 0.15) is 17.6 Å². The van der Waals surface area contributed by atoms with Crippen molar-refractivity contribution in [3.8, 4) is 11.5 Å². The molecule has 1 atom stereocenters. The predicted molar refractivity (Wildman–Crippen MR) is 74.5 cm³/mol. The van der Waals surface area contributed by atoms with Gasteiger partial charge in [0.2, 0.25) is 5.78 Å². The van der Waals surface area contributed by atoms with Gasteiger partial charge in [0.15, 0.2) is 0 Å². The van der Waals surface area contributed by atoms with Gasteiger partial charge in [-0.15, -0.1) is 11.3 Å². The summed E-state index contributed by atoms with van der Waals surface area (Å²) >= 11 is 1.41. The van der Waals surface area contributed by atoms with E-state index in [0.717, 1.165) is 23.5 Å². The number of benzene rings is 1. The molecule has 4 heteroatoms. The standard InChI is InChI=1S/C15H14O3S/c1-9-5-11-6-10(3-4-13(11)18-9)15(16)14-7-12(17-2)8-19-14/h3-4,6-9H,5H2,1-2H3. The molecule has 3 rings (SSSR count). The summed E-state index contributed by atoms with van der Waals surface area (Å²) in [5.41, 5.74) is 1.82. The van der Waals surface area contributed by atoms with E-state index in [9.17, 15) is 4.79 Å². The van der Waals surface area contributed by atoms with Crippen LogP contribution in [0.15, 0.2) is 29.6 Å². The average Bonchev–Trinajstić information content (AvgIpc) is 3.01. The van der Waals surface area contributed by atoms with Crippen molar-refractivity contribution < 1.29 is 14.3 Å². The Morgan fingerprint density at radius 2 is 2.26 bits per heavy atom. The van der Waals surface area contributed by atoms with E-state index in [1.807, 2.05) is 30.5 Å². The zero-order chi connectivity index (χ0) is 13.4. The van der Waals surface area contributed by atoms with Crippen LogP contribution in [0.25, 0.3) is 0 Å². The topological polar surface area (TPSA) is 35.5 Å². The monoisotopic (exact) mass is 274 g/mol. The highest BCUT2D eigenvalue weighted by Crippen LogP contribution is 2.31. The van der Waals surface area contributed by atoms with E-state index in [-0.39, 0.29) is 11.9 Å². The molecular formula is C15H14O3S. The highest BCUT2D eigenvalue weighted by atomic mass is 32.1. The third kappa shape index (κ3) is 2.24. The molecule has 98 valence electrons. The fourth-order valence-corrected chi connectivity index (χ4v) is 3.07. The Bertz CT molecular complexity index is 630. The lowest BCUT2D eigenvalue weighted by Crippen LogP contribution is -2.05. The molecule has 0 bridgehead atoms. The summed E-state index contributed by atoms with van der Waals surface area (Å²) in [6.07, 6.45) is 1.06. The number of ketones is 1. The van der Waals surface area contributed by atoms with E-state index in [1.54, 1.807) is 13.2 Å². The van der Waals surface area contributed by atoms with Crippen LogP contribution in [0.4, 0.5) is 0 Å². The minimum absolute atomic E-state index is 0.0376. The fourth-order valence-electron chi connectivity index (χ4n) is 2.25. The quantitative estimate of drug-likeness (QED) is 0.805.